The summed E-state index contributed by atoms with van der Waals surface area (Å²) in [5, 5.41) is 101. The monoisotopic (exact) mass is 1330 g/mol. The number of nitrogens with zero attached hydrogens (tertiary/aromatic N) is 5. The Morgan fingerprint density at radius 1 is 0.783 bits per heavy atom. The van der Waals surface area contributed by atoms with Crippen LogP contribution in [0, 0.1) is 5.92 Å². The van der Waals surface area contributed by atoms with E-state index in [-0.39, 0.29) is 24.2 Å². The molecular weight excluding hydrogens is 1250 g/mol. The van der Waals surface area contributed by atoms with Crippen LogP contribution in [0.3, 0.4) is 0 Å². The van der Waals surface area contributed by atoms with Gasteiger partial charge in [-0.05, 0) is 80.3 Å². The van der Waals surface area contributed by atoms with Crippen molar-refractivity contribution in [3.8, 4) is 38.4 Å². The van der Waals surface area contributed by atoms with Crippen LogP contribution in [0.5, 0.6) is 17.2 Å². The fraction of sp³-hybridized carbons (Fsp3) is 0.525. The predicted molar refractivity (Wildman–Crippen MR) is 329 cm³/mol. The van der Waals surface area contributed by atoms with E-state index < -0.39 is 181 Å². The number of rotatable bonds is 23. The summed E-state index contributed by atoms with van der Waals surface area (Å²) < 4.78 is 47.9. The molecule has 7 rings (SSSR count). The molecule has 502 valence electrons. The van der Waals surface area contributed by atoms with Crippen molar-refractivity contribution in [2.24, 2.45) is 16.6 Å². The molecule has 4 heterocycles. The molecule has 4 aromatic rings. The molecule has 13 atom stereocenters. The number of phenolic OH excluding ortho intramolecular Hbond substituents is 1. The Bertz CT molecular complexity index is 3340. The van der Waals surface area contributed by atoms with Crippen molar-refractivity contribution < 1.29 is 95.9 Å². The van der Waals surface area contributed by atoms with E-state index in [1.165, 1.54) is 30.4 Å². The molecule has 0 spiro atoms. The third-order valence-electron chi connectivity index (χ3n) is 15.8. The number of ether oxygens (including phenoxy) is 2. The third-order valence-corrected chi connectivity index (χ3v) is 17.2. The number of phenols is 1. The Balaban J connectivity index is 1.16. The van der Waals surface area contributed by atoms with Crippen molar-refractivity contribution >= 4 is 69.4 Å². The van der Waals surface area contributed by atoms with E-state index in [4.69, 9.17) is 15.2 Å². The molecule has 3 aliphatic rings. The molecule has 92 heavy (non-hydrogen) atoms. The van der Waals surface area contributed by atoms with Gasteiger partial charge >= 0.3 is 10.4 Å². The number of amides is 7. The normalized spacial score (nSPS) is 24.9. The maximum absolute atomic E-state index is 14.8. The molecule has 33 heteroatoms. The minimum atomic E-state index is -5.22. The minimum Gasteiger partial charge on any atom is -0.504 e. The lowest BCUT2D eigenvalue weighted by molar-refractivity contribution is -0.147. The quantitative estimate of drug-likeness (QED) is 0.0166. The van der Waals surface area contributed by atoms with Gasteiger partial charge in [-0.2, -0.15) is 8.42 Å². The molecule has 3 saturated heterocycles. The summed E-state index contributed by atoms with van der Waals surface area (Å²) in [6, 6.07) is 4.84. The van der Waals surface area contributed by atoms with Crippen LogP contribution in [0.1, 0.15) is 81.1 Å². The van der Waals surface area contributed by atoms with Gasteiger partial charge in [0.05, 0.1) is 49.6 Å². The van der Waals surface area contributed by atoms with E-state index in [1.54, 1.807) is 19.2 Å². The first-order valence-corrected chi connectivity index (χ1v) is 32.0. The zero-order chi connectivity index (χ0) is 67.0. The highest BCUT2D eigenvalue weighted by Gasteiger charge is 2.50. The number of carbonyl (C=O) groups is 7. The molecular formula is C59H79N11O20S2. The molecule has 3 aliphatic heterocycles. The number of nitrogens with one attached hydrogen (secondary N) is 5. The second-order valence-corrected chi connectivity index (χ2v) is 24.8. The molecule has 0 saturated carbocycles. The van der Waals surface area contributed by atoms with Crippen LogP contribution in [0.15, 0.2) is 71.7 Å². The highest BCUT2D eigenvalue weighted by Crippen LogP contribution is 2.33. The minimum absolute atomic E-state index is 0.00110. The fourth-order valence-corrected chi connectivity index (χ4v) is 12.0. The lowest BCUT2D eigenvalue weighted by Gasteiger charge is -2.34. The van der Waals surface area contributed by atoms with E-state index in [2.05, 4.69) is 46.0 Å². The van der Waals surface area contributed by atoms with E-state index >= 15 is 0 Å². The number of aliphatic hydroxyl groups excluding tert-OH is 6. The fourth-order valence-electron chi connectivity index (χ4n) is 10.8. The van der Waals surface area contributed by atoms with E-state index in [9.17, 15) is 82.3 Å². The Labute approximate surface area is 533 Å². The van der Waals surface area contributed by atoms with Crippen LogP contribution in [0.2, 0.25) is 0 Å². The van der Waals surface area contributed by atoms with Crippen LogP contribution >= 0.6 is 11.3 Å². The van der Waals surface area contributed by atoms with E-state index in [0.717, 1.165) is 85.5 Å². The summed E-state index contributed by atoms with van der Waals surface area (Å²) in [7, 11) is -3.53. The molecule has 3 aromatic carbocycles. The third kappa shape index (κ3) is 19.3. The molecule has 1 aromatic heterocycles. The molecule has 15 N–H and O–H groups in total. The Hall–Kier alpha value is -7.99. The lowest BCUT2D eigenvalue weighted by atomic mass is 9.98. The van der Waals surface area contributed by atoms with Gasteiger partial charge in [0.1, 0.15) is 52.0 Å². The summed E-state index contributed by atoms with van der Waals surface area (Å²) in [5.41, 5.74) is 6.68. The number of methoxy groups -OCH3 is 1. The maximum Gasteiger partial charge on any atom is 0.446 e. The Morgan fingerprint density at radius 3 is 2.04 bits per heavy atom. The second kappa shape index (κ2) is 33.0. The number of nitrogens with two attached hydrogens (primary N) is 1. The van der Waals surface area contributed by atoms with Crippen LogP contribution in [0.4, 0.5) is 0 Å². The molecule has 0 radical (unpaired) electrons. The van der Waals surface area contributed by atoms with Crippen molar-refractivity contribution in [2.45, 2.75) is 145 Å². The molecule has 0 bridgehead atoms. The second-order valence-electron chi connectivity index (χ2n) is 22.8. The summed E-state index contributed by atoms with van der Waals surface area (Å²) in [4.78, 5) is 107. The Kier molecular flexibility index (Phi) is 25.7. The molecule has 3 fully saturated rings. The van der Waals surface area contributed by atoms with Crippen molar-refractivity contribution in [3.63, 3.8) is 0 Å². The van der Waals surface area contributed by atoms with Crippen LogP contribution in [0.25, 0.3) is 21.1 Å². The maximum atomic E-state index is 14.8. The standard InChI is InChI=1S/C59H79N11O20S2/c1-31-28-70-49(50(31)77)55(82)62-27-37(72)25-40(63-51(78)34-10-12-35(13-11-34)56-67-68-57(91-56)36-14-16-39(17-15-36)89-22-8-6-4-5-7-21-88-3)52(79)64-46(32(2)71)58(83)69-29-38(73)26-41(69)53(80)65-47(54(81)66-48(59(70)84)43(75)19-20-61-30-60)44(76)23-33-9-18-42(74)45(24-33)90-92(85,86)87/h9-18,24,30-32,37-38,40-41,43-44,46-50,71-77H,4-8,19-23,25-29H2,1-3H3,(H2,60,61)(H,62,82)(H,63,78)(H,64,79)(H,65,80)(H,66,81)(H,85,86,87)/t31-,32+,37+,38+,40?,41?,43-,44+,46-,47-,48?,49?,50-/m0/s1. The topological polar surface area (TPSA) is 474 Å². The zero-order valence-corrected chi connectivity index (χ0v) is 52.3. The first kappa shape index (κ1) is 71.5. The Morgan fingerprint density at radius 2 is 1.40 bits per heavy atom. The summed E-state index contributed by atoms with van der Waals surface area (Å²) in [6.07, 6.45) is -6.82. The van der Waals surface area contributed by atoms with Crippen LogP contribution in [-0.2, 0) is 50.3 Å². The number of aliphatic imine (C=N–C) groups is 1. The van der Waals surface area contributed by atoms with Gasteiger partial charge in [0.2, 0.25) is 35.4 Å². The number of aliphatic hydroxyl groups is 6. The smallest absolute Gasteiger partial charge is 0.446 e. The van der Waals surface area contributed by atoms with Crippen LogP contribution < -0.4 is 41.2 Å². The number of carbonyl (C=O) groups excluding carboxylic acids is 7. The molecule has 31 nitrogen and oxygen atoms in total. The average Bonchev–Trinajstić information content (AvgIpc) is 1.63. The number of hydrogen-bond acceptors (Lipinski definition) is 23. The van der Waals surface area contributed by atoms with Crippen molar-refractivity contribution in [3.05, 3.63) is 77.9 Å². The highest BCUT2D eigenvalue weighted by molar-refractivity contribution is 7.81. The first-order valence-electron chi connectivity index (χ1n) is 29.8. The summed E-state index contributed by atoms with van der Waals surface area (Å²) in [5.74, 6) is -9.88. The number of benzene rings is 3. The number of fused-ring (bicyclic) bond motifs is 2. The van der Waals surface area contributed by atoms with Gasteiger partial charge in [-0.3, -0.25) is 43.1 Å². The van der Waals surface area contributed by atoms with E-state index in [1.807, 2.05) is 24.3 Å². The molecule has 7 amide bonds. The number of aromatic hydroxyl groups is 1. The average molecular weight is 1330 g/mol. The highest BCUT2D eigenvalue weighted by atomic mass is 32.3. The first-order chi connectivity index (χ1) is 43.8. The number of unbranched alkanes of at least 4 members (excludes halogenated alkanes) is 4. The zero-order valence-electron chi connectivity index (χ0n) is 50.6. The van der Waals surface area contributed by atoms with Gasteiger partial charge in [-0.1, -0.05) is 55.7 Å². The lowest BCUT2D eigenvalue weighted by Crippen LogP contribution is -2.64. The largest absolute Gasteiger partial charge is 0.504 e. The van der Waals surface area contributed by atoms with Gasteiger partial charge in [0, 0.05) is 81.8 Å². The van der Waals surface area contributed by atoms with Crippen molar-refractivity contribution in [1.82, 2.24) is 46.6 Å². The summed E-state index contributed by atoms with van der Waals surface area (Å²) in [6.45, 7) is 2.02. The molecule has 0 aliphatic carbocycles. The van der Waals surface area contributed by atoms with Gasteiger partial charge in [0.25, 0.3) is 5.91 Å². The van der Waals surface area contributed by atoms with Crippen molar-refractivity contribution in [1.29, 1.82) is 0 Å². The number of aromatic nitrogens is 2. The van der Waals surface area contributed by atoms with Crippen molar-refractivity contribution in [2.75, 3.05) is 46.5 Å². The van der Waals surface area contributed by atoms with Gasteiger partial charge < -0.3 is 91.5 Å². The van der Waals surface area contributed by atoms with Crippen LogP contribution in [-0.4, -0.2) is 236 Å². The summed E-state index contributed by atoms with van der Waals surface area (Å²) >= 11 is 1.29. The number of hydrogen-bond donors (Lipinski definition) is 14. The predicted octanol–water partition coefficient (Wildman–Crippen LogP) is -1.94. The molecule has 4 unspecified atom stereocenters. The van der Waals surface area contributed by atoms with Gasteiger partial charge in [-0.25, -0.2) is 0 Å². The number of β-amino-alcohol motifs (C(OH)–C–C–N with tert-alkyl or cyclic N) is 1. The van der Waals surface area contributed by atoms with Gasteiger partial charge in [0.15, 0.2) is 11.5 Å². The SMILES string of the molecule is COCCCCCCCOc1ccc(-c2nnc(-c3ccc(C(=O)NC4C[C@@H](O)CNC(=O)C5[C@@H](O)[C@@H](C)CN5C(=O)C([C@@H](O)CCN=CN)NC(=O)[C@H]([C@H](O)Cc5ccc(O)c(OS(=O)(=O)O)c5)NC(=O)C5C[C@@H](O)CN5C(=O)[C@H]([C@@H](C)O)NC4=O)cc3)s2)cc1. The van der Waals surface area contributed by atoms with Gasteiger partial charge in [-0.15, -0.1) is 10.2 Å². The van der Waals surface area contributed by atoms with E-state index in [0.29, 0.717) is 27.9 Å².